The smallest absolute Gasteiger partial charge is 0.363 e. The van der Waals surface area contributed by atoms with Crippen molar-refractivity contribution in [3.63, 3.8) is 0 Å². The fourth-order valence-corrected chi connectivity index (χ4v) is 3.60. The highest BCUT2D eigenvalue weighted by Crippen LogP contribution is 2.38. The van der Waals surface area contributed by atoms with Crippen molar-refractivity contribution in [1.82, 2.24) is 0 Å². The van der Waals surface area contributed by atoms with E-state index in [0.29, 0.717) is 21.2 Å². The van der Waals surface area contributed by atoms with Crippen LogP contribution < -0.4 is 9.47 Å². The van der Waals surface area contributed by atoms with Gasteiger partial charge in [-0.3, -0.25) is 10.1 Å². The molecule has 0 spiro atoms. The molecule has 1 aliphatic heterocycles. The van der Waals surface area contributed by atoms with Gasteiger partial charge < -0.3 is 14.2 Å². The van der Waals surface area contributed by atoms with Gasteiger partial charge in [-0.15, -0.1) is 0 Å². The summed E-state index contributed by atoms with van der Waals surface area (Å²) in [5.74, 6) is -0.755. The van der Waals surface area contributed by atoms with Crippen molar-refractivity contribution in [2.75, 3.05) is 7.11 Å². The van der Waals surface area contributed by atoms with Crippen molar-refractivity contribution in [3.05, 3.63) is 104 Å². The van der Waals surface area contributed by atoms with E-state index in [0.717, 1.165) is 0 Å². The lowest BCUT2D eigenvalue weighted by molar-refractivity contribution is -0.384. The zero-order chi connectivity index (χ0) is 24.2. The summed E-state index contributed by atoms with van der Waals surface area (Å²) in [6, 6.07) is 17.2. The summed E-state index contributed by atoms with van der Waals surface area (Å²) >= 11 is 3.38. The maximum absolute atomic E-state index is 12.4. The van der Waals surface area contributed by atoms with Crippen molar-refractivity contribution >= 4 is 45.5 Å². The minimum Gasteiger partial charge on any atom is -0.493 e. The molecular weight excluding hydrogens is 508 g/mol. The number of halogens is 1. The number of benzene rings is 3. The molecule has 34 heavy (non-hydrogen) atoms. The number of ether oxygens (including phenoxy) is 3. The van der Waals surface area contributed by atoms with Gasteiger partial charge in [-0.25, -0.2) is 14.6 Å². The molecular formula is C24H15BrN2O7. The molecule has 0 saturated heterocycles. The second-order valence-corrected chi connectivity index (χ2v) is 7.78. The molecule has 0 bridgehead atoms. The highest BCUT2D eigenvalue weighted by atomic mass is 79.9. The van der Waals surface area contributed by atoms with E-state index >= 15 is 0 Å². The van der Waals surface area contributed by atoms with E-state index in [-0.39, 0.29) is 28.8 Å². The van der Waals surface area contributed by atoms with Crippen molar-refractivity contribution < 1.29 is 28.7 Å². The molecule has 3 aromatic carbocycles. The Hall–Kier alpha value is -4.31. The van der Waals surface area contributed by atoms with Crippen LogP contribution in [-0.2, 0) is 9.53 Å². The Morgan fingerprint density at radius 3 is 2.47 bits per heavy atom. The van der Waals surface area contributed by atoms with Crippen LogP contribution in [0.1, 0.15) is 21.5 Å². The average molecular weight is 523 g/mol. The lowest BCUT2D eigenvalue weighted by atomic mass is 10.1. The van der Waals surface area contributed by atoms with Crippen LogP contribution in [0.5, 0.6) is 11.5 Å². The highest BCUT2D eigenvalue weighted by Gasteiger charge is 2.25. The number of cyclic esters (lactones) is 1. The first-order valence-electron chi connectivity index (χ1n) is 9.78. The summed E-state index contributed by atoms with van der Waals surface area (Å²) in [7, 11) is 1.42. The maximum Gasteiger partial charge on any atom is 0.363 e. The van der Waals surface area contributed by atoms with Crippen LogP contribution in [0.25, 0.3) is 6.08 Å². The first-order chi connectivity index (χ1) is 16.4. The van der Waals surface area contributed by atoms with Crippen LogP contribution in [-0.4, -0.2) is 29.9 Å². The van der Waals surface area contributed by atoms with Crippen molar-refractivity contribution in [1.29, 1.82) is 0 Å². The van der Waals surface area contributed by atoms with Crippen molar-refractivity contribution in [3.8, 4) is 11.5 Å². The van der Waals surface area contributed by atoms with E-state index in [1.165, 1.54) is 37.5 Å². The average Bonchev–Trinajstić information content (AvgIpc) is 3.21. The lowest BCUT2D eigenvalue weighted by Gasteiger charge is -2.12. The van der Waals surface area contributed by atoms with Gasteiger partial charge in [0.2, 0.25) is 5.90 Å². The number of non-ortho nitro benzene ring substituents is 1. The molecule has 0 atom stereocenters. The minimum absolute atomic E-state index is 0.0244. The Morgan fingerprint density at radius 2 is 1.82 bits per heavy atom. The van der Waals surface area contributed by atoms with Crippen LogP contribution in [0.2, 0.25) is 0 Å². The molecule has 0 fully saturated rings. The van der Waals surface area contributed by atoms with Gasteiger partial charge in [-0.2, -0.15) is 0 Å². The second-order valence-electron chi connectivity index (χ2n) is 6.93. The molecule has 0 radical (unpaired) electrons. The Morgan fingerprint density at radius 1 is 1.12 bits per heavy atom. The molecule has 0 unspecified atom stereocenters. The summed E-state index contributed by atoms with van der Waals surface area (Å²) in [5, 5.41) is 10.8. The molecule has 3 aromatic rings. The number of nitrogens with zero attached hydrogens (tertiary/aromatic N) is 2. The molecule has 0 amide bonds. The number of hydrogen-bond acceptors (Lipinski definition) is 8. The van der Waals surface area contributed by atoms with Crippen LogP contribution in [0, 0.1) is 10.1 Å². The van der Waals surface area contributed by atoms with Crippen LogP contribution in [0.15, 0.2) is 81.9 Å². The molecule has 4 rings (SSSR count). The zero-order valence-corrected chi connectivity index (χ0v) is 19.1. The summed E-state index contributed by atoms with van der Waals surface area (Å²) in [5.41, 5.74) is 1.27. The van der Waals surface area contributed by atoms with Crippen LogP contribution in [0.3, 0.4) is 0 Å². The molecule has 1 heterocycles. The normalized spacial score (nSPS) is 13.9. The van der Waals surface area contributed by atoms with E-state index in [4.69, 9.17) is 14.2 Å². The van der Waals surface area contributed by atoms with Crippen LogP contribution in [0.4, 0.5) is 5.69 Å². The maximum atomic E-state index is 12.4. The van der Waals surface area contributed by atoms with Gasteiger partial charge in [0.05, 0.1) is 22.1 Å². The number of hydrogen-bond donors (Lipinski definition) is 0. The van der Waals surface area contributed by atoms with E-state index < -0.39 is 16.9 Å². The minimum atomic E-state index is -0.678. The number of nitro benzene ring substituents is 1. The summed E-state index contributed by atoms with van der Waals surface area (Å²) in [4.78, 5) is 39.3. The fraction of sp³-hybridized carbons (Fsp3) is 0.0417. The monoisotopic (exact) mass is 522 g/mol. The SMILES string of the molecule is COc1cc(/C=C2\N=C(c3ccc([N+](=O)[O-])cc3)OC2=O)cc(Br)c1OC(=O)c1ccccc1. The van der Waals surface area contributed by atoms with Crippen LogP contribution >= 0.6 is 15.9 Å². The standard InChI is InChI=1S/C24H15BrN2O7/c1-32-20-13-14(11-18(25)21(20)33-23(28)16-5-3-2-4-6-16)12-19-24(29)34-22(26-19)15-7-9-17(10-8-15)27(30)31/h2-13H,1H3/b19-12-. The van der Waals surface area contributed by atoms with Gasteiger partial charge in [0.25, 0.3) is 5.69 Å². The zero-order valence-electron chi connectivity index (χ0n) is 17.6. The summed E-state index contributed by atoms with van der Waals surface area (Å²) in [6.07, 6.45) is 1.48. The number of aliphatic imine (C=N–C) groups is 1. The predicted octanol–water partition coefficient (Wildman–Crippen LogP) is 4.93. The number of methoxy groups -OCH3 is 1. The first kappa shape index (κ1) is 22.9. The fourth-order valence-electron chi connectivity index (χ4n) is 3.06. The Kier molecular flexibility index (Phi) is 6.51. The second kappa shape index (κ2) is 9.67. The molecule has 9 nitrogen and oxygen atoms in total. The third kappa shape index (κ3) is 4.86. The Balaban J connectivity index is 1.61. The molecule has 10 heteroatoms. The largest absolute Gasteiger partial charge is 0.493 e. The first-order valence-corrected chi connectivity index (χ1v) is 10.6. The quantitative estimate of drug-likeness (QED) is 0.148. The van der Waals surface area contributed by atoms with E-state index in [1.807, 2.05) is 0 Å². The molecule has 0 aliphatic carbocycles. The van der Waals surface area contributed by atoms with Gasteiger partial charge >= 0.3 is 11.9 Å². The summed E-state index contributed by atoms with van der Waals surface area (Å²) in [6.45, 7) is 0. The number of esters is 2. The molecule has 0 N–H and O–H groups in total. The predicted molar refractivity (Wildman–Crippen MR) is 126 cm³/mol. The molecule has 0 aromatic heterocycles. The van der Waals surface area contributed by atoms with Gasteiger partial charge in [0, 0.05) is 17.7 Å². The Bertz CT molecular complexity index is 1350. The number of carbonyl (C=O) groups is 2. The van der Waals surface area contributed by atoms with Gasteiger partial charge in [-0.1, -0.05) is 18.2 Å². The van der Waals surface area contributed by atoms with E-state index in [2.05, 4.69) is 20.9 Å². The van der Waals surface area contributed by atoms with E-state index in [9.17, 15) is 19.7 Å². The Labute approximate surface area is 201 Å². The topological polar surface area (TPSA) is 117 Å². The lowest BCUT2D eigenvalue weighted by Crippen LogP contribution is -2.09. The third-order valence-corrected chi connectivity index (χ3v) is 5.29. The number of nitro groups is 1. The van der Waals surface area contributed by atoms with E-state index in [1.54, 1.807) is 42.5 Å². The summed E-state index contributed by atoms with van der Waals surface area (Å²) < 4.78 is 16.5. The van der Waals surface area contributed by atoms with Gasteiger partial charge in [0.1, 0.15) is 0 Å². The molecule has 1 aliphatic rings. The van der Waals surface area contributed by atoms with Gasteiger partial charge in [0.15, 0.2) is 17.2 Å². The number of rotatable bonds is 6. The highest BCUT2D eigenvalue weighted by molar-refractivity contribution is 9.10. The van der Waals surface area contributed by atoms with Crippen molar-refractivity contribution in [2.45, 2.75) is 0 Å². The van der Waals surface area contributed by atoms with Gasteiger partial charge in [-0.05, 0) is 64.0 Å². The third-order valence-electron chi connectivity index (χ3n) is 4.70. The van der Waals surface area contributed by atoms with Crippen molar-refractivity contribution in [2.24, 2.45) is 4.99 Å². The molecule has 0 saturated carbocycles. The molecule has 170 valence electrons. The number of carbonyl (C=O) groups excluding carboxylic acids is 2.